The van der Waals surface area contributed by atoms with Gasteiger partial charge in [-0.15, -0.1) is 0 Å². The number of phenols is 1. The molecule has 6 atom stereocenters. The lowest BCUT2D eigenvalue weighted by Gasteiger charge is -2.44. The van der Waals surface area contributed by atoms with Crippen LogP contribution in [0.4, 0.5) is 11.4 Å². The maximum absolute atomic E-state index is 14.7. The van der Waals surface area contributed by atoms with Crippen LogP contribution in [0.1, 0.15) is 46.6 Å². The van der Waals surface area contributed by atoms with Gasteiger partial charge >= 0.3 is 0 Å². The number of aromatic hydroxyl groups is 1. The molecule has 11 nitrogen and oxygen atoms in total. The van der Waals surface area contributed by atoms with Crippen LogP contribution < -0.4 is 28.7 Å². The minimum Gasteiger partial charge on any atom is -0.508 e. The van der Waals surface area contributed by atoms with Gasteiger partial charge in [0.2, 0.25) is 23.6 Å². The summed E-state index contributed by atoms with van der Waals surface area (Å²) < 4.78 is 21.8. The van der Waals surface area contributed by atoms with Gasteiger partial charge in [0.05, 0.1) is 63.5 Å². The normalized spacial score (nSPS) is 22.7. The molecule has 0 radical (unpaired) electrons. The van der Waals surface area contributed by atoms with Gasteiger partial charge in [0.25, 0.3) is 0 Å². The lowest BCUT2D eigenvalue weighted by molar-refractivity contribution is -0.126. The number of hydrogen-bond acceptors (Lipinski definition) is 9. The van der Waals surface area contributed by atoms with Crippen molar-refractivity contribution in [3.63, 3.8) is 0 Å². The number of hydrogen-bond donors (Lipinski definition) is 1. The van der Waals surface area contributed by atoms with Crippen LogP contribution in [-0.2, 0) is 19.2 Å². The molecule has 9 rings (SSSR count). The number of amides is 4. The number of nitrogens with zero attached hydrogens (tertiary/aromatic N) is 2. The molecular formula is C52H45ClN2O9. The molecule has 1 N–H and O–H groups in total. The third-order valence-electron chi connectivity index (χ3n) is 13.1. The Morgan fingerprint density at radius 2 is 1.08 bits per heavy atom. The summed E-state index contributed by atoms with van der Waals surface area (Å²) in [5.41, 5.74) is 5.56. The second-order valence-corrected chi connectivity index (χ2v) is 16.7. The summed E-state index contributed by atoms with van der Waals surface area (Å²) in [6.45, 7) is 0. The maximum atomic E-state index is 14.7. The van der Waals surface area contributed by atoms with E-state index in [1.165, 1.54) is 21.9 Å². The number of phenolic OH excluding ortho intramolecular Hbond substituents is 1. The molecule has 2 aliphatic heterocycles. The highest BCUT2D eigenvalue weighted by molar-refractivity contribution is 6.32. The van der Waals surface area contributed by atoms with Crippen molar-refractivity contribution in [1.29, 1.82) is 0 Å². The summed E-state index contributed by atoms with van der Waals surface area (Å²) in [6, 6.07) is 30.0. The third-order valence-corrected chi connectivity index (χ3v) is 13.4. The van der Waals surface area contributed by atoms with Crippen molar-refractivity contribution < 1.29 is 43.2 Å². The predicted octanol–water partition coefficient (Wildman–Crippen LogP) is 9.47. The lowest BCUT2D eigenvalue weighted by atomic mass is 9.57. The number of ether oxygens (including phenoxy) is 4. The number of halogens is 1. The minimum absolute atomic E-state index is 0.0430. The molecular weight excluding hydrogens is 832 g/mol. The molecule has 5 aromatic carbocycles. The monoisotopic (exact) mass is 876 g/mol. The van der Waals surface area contributed by atoms with Gasteiger partial charge in [-0.3, -0.25) is 29.0 Å². The van der Waals surface area contributed by atoms with Crippen molar-refractivity contribution in [1.82, 2.24) is 0 Å². The SMILES string of the molecule is COc1ccc(OC)c(C=Cc2ccc(N3C(=O)C4CC=C5C(CC6C(=O)N(c7ccc(C=Cc8cc(OC)ccc8OC)cc7)C(=O)C6C5c5ccc(O)cc5Cl)C4C3=O)cc2)c1. The van der Waals surface area contributed by atoms with Crippen LogP contribution in [0.2, 0.25) is 5.02 Å². The topological polar surface area (TPSA) is 132 Å². The summed E-state index contributed by atoms with van der Waals surface area (Å²) in [6.07, 6.45) is 10.1. The van der Waals surface area contributed by atoms with Gasteiger partial charge in [-0.2, -0.15) is 0 Å². The number of benzene rings is 5. The van der Waals surface area contributed by atoms with E-state index in [9.17, 15) is 24.3 Å². The van der Waals surface area contributed by atoms with E-state index < -0.39 is 35.5 Å². The number of carbonyl (C=O) groups is 4. The van der Waals surface area contributed by atoms with E-state index >= 15 is 0 Å². The first kappa shape index (κ1) is 42.2. The summed E-state index contributed by atoms with van der Waals surface area (Å²) in [4.78, 5) is 60.7. The van der Waals surface area contributed by atoms with Crippen LogP contribution in [-0.4, -0.2) is 57.2 Å². The van der Waals surface area contributed by atoms with E-state index in [2.05, 4.69) is 0 Å². The van der Waals surface area contributed by atoms with Crippen molar-refractivity contribution in [2.45, 2.75) is 18.8 Å². The van der Waals surface area contributed by atoms with E-state index in [1.807, 2.05) is 91.0 Å². The molecule has 64 heavy (non-hydrogen) atoms. The lowest BCUT2D eigenvalue weighted by Crippen LogP contribution is -2.43. The molecule has 2 heterocycles. The minimum atomic E-state index is -0.824. The molecule has 6 unspecified atom stereocenters. The molecule has 4 amide bonds. The van der Waals surface area contributed by atoms with Gasteiger partial charge in [-0.25, -0.2) is 0 Å². The van der Waals surface area contributed by atoms with Gasteiger partial charge in [-0.05, 0) is 108 Å². The zero-order valence-electron chi connectivity index (χ0n) is 35.6. The van der Waals surface area contributed by atoms with Crippen molar-refractivity contribution >= 4 is 70.9 Å². The maximum Gasteiger partial charge on any atom is 0.238 e. The van der Waals surface area contributed by atoms with Gasteiger partial charge < -0.3 is 24.1 Å². The average molecular weight is 877 g/mol. The summed E-state index contributed by atoms with van der Waals surface area (Å²) in [5.74, 6) is -2.90. The Kier molecular flexibility index (Phi) is 11.4. The molecule has 0 bridgehead atoms. The van der Waals surface area contributed by atoms with Crippen molar-refractivity contribution in [3.05, 3.63) is 148 Å². The molecule has 3 fully saturated rings. The first-order chi connectivity index (χ1) is 31.0. The van der Waals surface area contributed by atoms with Crippen LogP contribution in [0.3, 0.4) is 0 Å². The highest BCUT2D eigenvalue weighted by Crippen LogP contribution is 2.59. The van der Waals surface area contributed by atoms with E-state index in [0.717, 1.165) is 27.8 Å². The highest BCUT2D eigenvalue weighted by atomic mass is 35.5. The first-order valence-corrected chi connectivity index (χ1v) is 21.4. The summed E-state index contributed by atoms with van der Waals surface area (Å²) in [7, 11) is 6.40. The van der Waals surface area contributed by atoms with Gasteiger partial charge in [-0.1, -0.05) is 77.9 Å². The standard InChI is InChI=1S/C52H45ClN2O9/c1-61-36-18-23-44(63-3)31(25-36)11-5-29-7-13-33(14-8-29)54-49(57)40-22-21-38-41(47(40)51(54)59)28-42-48(46(38)39-20-17-35(56)27-43(39)53)52(60)55(50(42)58)34-15-9-30(10-16-34)6-12-32-26-37(62-2)19-24-45(32)64-4/h5-21,23-27,40-42,46-48,56H,22,28H2,1-4H3. The Bertz CT molecular complexity index is 2780. The van der Waals surface area contributed by atoms with E-state index in [4.69, 9.17) is 30.5 Å². The molecule has 0 spiro atoms. The first-order valence-electron chi connectivity index (χ1n) is 21.0. The smallest absolute Gasteiger partial charge is 0.238 e. The zero-order chi connectivity index (χ0) is 44.8. The Morgan fingerprint density at radius 1 is 0.562 bits per heavy atom. The number of allylic oxidation sites excluding steroid dienone is 2. The van der Waals surface area contributed by atoms with E-state index in [-0.39, 0.29) is 47.2 Å². The van der Waals surface area contributed by atoms with Crippen LogP contribution in [0.5, 0.6) is 28.7 Å². The van der Waals surface area contributed by atoms with Crippen molar-refractivity contribution in [2.24, 2.45) is 29.6 Å². The Morgan fingerprint density at radius 3 is 1.58 bits per heavy atom. The van der Waals surface area contributed by atoms with E-state index in [1.54, 1.807) is 58.8 Å². The fraction of sp³-hybridized carbons (Fsp3) is 0.231. The molecule has 1 saturated carbocycles. The molecule has 5 aromatic rings. The number of imide groups is 2. The van der Waals surface area contributed by atoms with Crippen LogP contribution in [0, 0.1) is 29.6 Å². The zero-order valence-corrected chi connectivity index (χ0v) is 36.3. The van der Waals surface area contributed by atoms with Gasteiger partial charge in [0, 0.05) is 22.1 Å². The number of rotatable bonds is 11. The average Bonchev–Trinajstić information content (AvgIpc) is 3.72. The number of methoxy groups -OCH3 is 4. The van der Waals surface area contributed by atoms with Crippen molar-refractivity contribution in [2.75, 3.05) is 38.2 Å². The molecule has 2 saturated heterocycles. The van der Waals surface area contributed by atoms with Crippen molar-refractivity contribution in [3.8, 4) is 28.7 Å². The highest BCUT2D eigenvalue weighted by Gasteiger charge is 2.62. The summed E-state index contributed by atoms with van der Waals surface area (Å²) >= 11 is 6.85. The van der Waals surface area contributed by atoms with Crippen LogP contribution >= 0.6 is 11.6 Å². The molecule has 4 aliphatic rings. The fourth-order valence-corrected chi connectivity index (χ4v) is 10.3. The quantitative estimate of drug-likeness (QED) is 0.0783. The van der Waals surface area contributed by atoms with Crippen LogP contribution in [0.15, 0.2) is 115 Å². The van der Waals surface area contributed by atoms with E-state index in [0.29, 0.717) is 39.9 Å². The Labute approximate surface area is 375 Å². The Balaban J connectivity index is 1.00. The number of anilines is 2. The number of carbonyl (C=O) groups excluding carboxylic acids is 4. The van der Waals surface area contributed by atoms with Gasteiger partial charge in [0.15, 0.2) is 0 Å². The number of fused-ring (bicyclic) bond motifs is 4. The second-order valence-electron chi connectivity index (χ2n) is 16.3. The second kappa shape index (κ2) is 17.2. The largest absolute Gasteiger partial charge is 0.508 e. The molecule has 12 heteroatoms. The fourth-order valence-electron chi connectivity index (χ4n) is 9.99. The Hall–Kier alpha value is -7.11. The molecule has 324 valence electrons. The summed E-state index contributed by atoms with van der Waals surface area (Å²) in [5, 5.41) is 10.6. The van der Waals surface area contributed by atoms with Gasteiger partial charge in [0.1, 0.15) is 28.7 Å². The molecule has 2 aliphatic carbocycles. The molecule has 0 aromatic heterocycles. The third kappa shape index (κ3) is 7.39. The van der Waals surface area contributed by atoms with Crippen LogP contribution in [0.25, 0.3) is 24.3 Å². The predicted molar refractivity (Wildman–Crippen MR) is 245 cm³/mol.